The second-order valence-corrected chi connectivity index (χ2v) is 6.29. The summed E-state index contributed by atoms with van der Waals surface area (Å²) >= 11 is 3.45. The van der Waals surface area contributed by atoms with Crippen LogP contribution in [0.25, 0.3) is 0 Å². The number of halogens is 1. The molecule has 1 amide bonds. The van der Waals surface area contributed by atoms with Crippen LogP contribution in [-0.4, -0.2) is 25.1 Å². The minimum absolute atomic E-state index is 0.0530. The summed E-state index contributed by atoms with van der Waals surface area (Å²) in [6, 6.07) is 5.65. The summed E-state index contributed by atoms with van der Waals surface area (Å²) in [5.74, 6) is 0.884. The van der Waals surface area contributed by atoms with Gasteiger partial charge in [0.1, 0.15) is 5.75 Å². The van der Waals surface area contributed by atoms with Crippen molar-refractivity contribution in [1.82, 2.24) is 5.32 Å². The standard InChI is InChI=1S/C15H21BrN2O2/c1-10(2)20-14-7-12(16)6-13(8-14)18-15(19)11-4-3-5-17-9-11/h6-8,10-11,17H,3-5,9H2,1-2H3,(H,18,19). The third kappa shape index (κ3) is 4.49. The maximum atomic E-state index is 12.2. The maximum Gasteiger partial charge on any atom is 0.228 e. The zero-order valence-electron chi connectivity index (χ0n) is 11.9. The van der Waals surface area contributed by atoms with Crippen LogP contribution in [0.2, 0.25) is 0 Å². The number of amides is 1. The quantitative estimate of drug-likeness (QED) is 0.884. The summed E-state index contributed by atoms with van der Waals surface area (Å²) in [6.45, 7) is 5.72. The molecule has 1 aliphatic heterocycles. The van der Waals surface area contributed by atoms with Gasteiger partial charge in [-0.2, -0.15) is 0 Å². The molecule has 1 aliphatic rings. The van der Waals surface area contributed by atoms with Gasteiger partial charge in [-0.1, -0.05) is 15.9 Å². The van der Waals surface area contributed by atoms with Crippen LogP contribution in [0.3, 0.4) is 0 Å². The second kappa shape index (κ2) is 7.09. The number of rotatable bonds is 4. The molecule has 1 heterocycles. The average Bonchev–Trinajstić information content (AvgIpc) is 2.38. The fourth-order valence-electron chi connectivity index (χ4n) is 2.30. The van der Waals surface area contributed by atoms with Gasteiger partial charge < -0.3 is 15.4 Å². The summed E-state index contributed by atoms with van der Waals surface area (Å²) in [7, 11) is 0. The van der Waals surface area contributed by atoms with Gasteiger partial charge in [-0.25, -0.2) is 0 Å². The first-order valence-corrected chi connectivity index (χ1v) is 7.82. The van der Waals surface area contributed by atoms with Crippen LogP contribution < -0.4 is 15.4 Å². The van der Waals surface area contributed by atoms with Crippen molar-refractivity contribution in [1.29, 1.82) is 0 Å². The number of carbonyl (C=O) groups excluding carboxylic acids is 1. The van der Waals surface area contributed by atoms with Gasteiger partial charge in [0, 0.05) is 22.8 Å². The lowest BCUT2D eigenvalue weighted by Gasteiger charge is -2.22. The molecule has 1 atom stereocenters. The monoisotopic (exact) mass is 340 g/mol. The van der Waals surface area contributed by atoms with Crippen LogP contribution in [-0.2, 0) is 4.79 Å². The lowest BCUT2D eigenvalue weighted by atomic mass is 9.99. The second-order valence-electron chi connectivity index (χ2n) is 5.37. The first-order valence-electron chi connectivity index (χ1n) is 7.03. The molecule has 1 unspecified atom stereocenters. The van der Waals surface area contributed by atoms with Crippen molar-refractivity contribution < 1.29 is 9.53 Å². The lowest BCUT2D eigenvalue weighted by molar-refractivity contribution is -0.120. The molecule has 0 spiro atoms. The van der Waals surface area contributed by atoms with Crippen molar-refractivity contribution in [3.63, 3.8) is 0 Å². The first kappa shape index (κ1) is 15.3. The van der Waals surface area contributed by atoms with E-state index < -0.39 is 0 Å². The van der Waals surface area contributed by atoms with Gasteiger partial charge in [-0.15, -0.1) is 0 Å². The Balaban J connectivity index is 2.04. The zero-order valence-corrected chi connectivity index (χ0v) is 13.5. The molecule has 20 heavy (non-hydrogen) atoms. The average molecular weight is 341 g/mol. The maximum absolute atomic E-state index is 12.2. The summed E-state index contributed by atoms with van der Waals surface area (Å²) < 4.78 is 6.57. The smallest absolute Gasteiger partial charge is 0.228 e. The number of hydrogen-bond donors (Lipinski definition) is 2. The molecule has 0 aliphatic carbocycles. The van der Waals surface area contributed by atoms with Crippen molar-refractivity contribution in [2.45, 2.75) is 32.8 Å². The largest absolute Gasteiger partial charge is 0.491 e. The Kier molecular flexibility index (Phi) is 5.43. The van der Waals surface area contributed by atoms with Crippen molar-refractivity contribution in [2.24, 2.45) is 5.92 Å². The van der Waals surface area contributed by atoms with E-state index in [1.54, 1.807) is 0 Å². The van der Waals surface area contributed by atoms with E-state index in [0.29, 0.717) is 0 Å². The third-order valence-electron chi connectivity index (χ3n) is 3.18. The fourth-order valence-corrected chi connectivity index (χ4v) is 2.77. The lowest BCUT2D eigenvalue weighted by Crippen LogP contribution is -2.37. The number of anilines is 1. The molecule has 1 aromatic carbocycles. The summed E-state index contributed by atoms with van der Waals surface area (Å²) in [4.78, 5) is 12.2. The van der Waals surface area contributed by atoms with Crippen molar-refractivity contribution in [2.75, 3.05) is 18.4 Å². The fraction of sp³-hybridized carbons (Fsp3) is 0.533. The molecule has 2 N–H and O–H groups in total. The minimum atomic E-state index is 0.0530. The number of piperidine rings is 1. The van der Waals surface area contributed by atoms with Crippen LogP contribution in [0.5, 0.6) is 5.75 Å². The normalized spacial score (nSPS) is 18.9. The minimum Gasteiger partial charge on any atom is -0.491 e. The van der Waals surface area contributed by atoms with Crippen LogP contribution in [0.1, 0.15) is 26.7 Å². The first-order chi connectivity index (χ1) is 9.54. The Hall–Kier alpha value is -1.07. The van der Waals surface area contributed by atoms with Gasteiger partial charge in [0.15, 0.2) is 0 Å². The Morgan fingerprint density at radius 3 is 2.90 bits per heavy atom. The van der Waals surface area contributed by atoms with E-state index in [1.807, 2.05) is 32.0 Å². The number of carbonyl (C=O) groups is 1. The molecular formula is C15H21BrN2O2. The van der Waals surface area contributed by atoms with Gasteiger partial charge in [0.2, 0.25) is 5.91 Å². The van der Waals surface area contributed by atoms with E-state index in [1.165, 1.54) is 0 Å². The van der Waals surface area contributed by atoms with E-state index in [9.17, 15) is 4.79 Å². The Labute approximate surface area is 128 Å². The third-order valence-corrected chi connectivity index (χ3v) is 3.64. The van der Waals surface area contributed by atoms with Gasteiger partial charge >= 0.3 is 0 Å². The number of ether oxygens (including phenoxy) is 1. The highest BCUT2D eigenvalue weighted by atomic mass is 79.9. The van der Waals surface area contributed by atoms with Gasteiger partial charge in [-0.05, 0) is 45.4 Å². The van der Waals surface area contributed by atoms with E-state index in [4.69, 9.17) is 4.74 Å². The Morgan fingerprint density at radius 2 is 2.25 bits per heavy atom. The van der Waals surface area contributed by atoms with Crippen LogP contribution in [0, 0.1) is 5.92 Å². The molecule has 110 valence electrons. The molecule has 5 heteroatoms. The molecule has 1 aromatic rings. The molecule has 2 rings (SSSR count). The van der Waals surface area contributed by atoms with E-state index in [2.05, 4.69) is 26.6 Å². The zero-order chi connectivity index (χ0) is 14.5. The topological polar surface area (TPSA) is 50.4 Å². The highest BCUT2D eigenvalue weighted by Gasteiger charge is 2.21. The Bertz CT molecular complexity index is 471. The highest BCUT2D eigenvalue weighted by Crippen LogP contribution is 2.26. The predicted molar refractivity (Wildman–Crippen MR) is 84.1 cm³/mol. The van der Waals surface area contributed by atoms with Crippen LogP contribution in [0.4, 0.5) is 5.69 Å². The summed E-state index contributed by atoms with van der Waals surface area (Å²) in [5, 5.41) is 6.23. The molecular weight excluding hydrogens is 320 g/mol. The number of hydrogen-bond acceptors (Lipinski definition) is 3. The summed E-state index contributed by atoms with van der Waals surface area (Å²) in [5.41, 5.74) is 0.769. The molecule has 1 fully saturated rings. The molecule has 0 bridgehead atoms. The van der Waals surface area contributed by atoms with Crippen LogP contribution in [0.15, 0.2) is 22.7 Å². The van der Waals surface area contributed by atoms with Crippen LogP contribution >= 0.6 is 15.9 Å². The number of benzene rings is 1. The van der Waals surface area contributed by atoms with Gasteiger partial charge in [0.25, 0.3) is 0 Å². The molecule has 1 saturated heterocycles. The van der Waals surface area contributed by atoms with Gasteiger partial charge in [-0.3, -0.25) is 4.79 Å². The van der Waals surface area contributed by atoms with Crippen molar-refractivity contribution in [3.05, 3.63) is 22.7 Å². The number of nitrogens with one attached hydrogen (secondary N) is 2. The predicted octanol–water partition coefficient (Wildman–Crippen LogP) is 3.17. The van der Waals surface area contributed by atoms with Gasteiger partial charge in [0.05, 0.1) is 12.0 Å². The van der Waals surface area contributed by atoms with E-state index >= 15 is 0 Å². The summed E-state index contributed by atoms with van der Waals surface area (Å²) in [6.07, 6.45) is 2.11. The molecule has 0 radical (unpaired) electrons. The molecule has 0 aromatic heterocycles. The SMILES string of the molecule is CC(C)Oc1cc(Br)cc(NC(=O)C2CCCNC2)c1. The van der Waals surface area contributed by atoms with E-state index in [-0.39, 0.29) is 17.9 Å². The highest BCUT2D eigenvalue weighted by molar-refractivity contribution is 9.10. The van der Waals surface area contributed by atoms with E-state index in [0.717, 1.165) is 41.8 Å². The Morgan fingerprint density at radius 1 is 1.45 bits per heavy atom. The molecule has 0 saturated carbocycles. The molecule has 4 nitrogen and oxygen atoms in total. The van der Waals surface area contributed by atoms with Crippen molar-refractivity contribution in [3.8, 4) is 5.75 Å². The van der Waals surface area contributed by atoms with Crippen molar-refractivity contribution >= 4 is 27.5 Å².